The molecule has 4 rings (SSSR count). The molecule has 1 aliphatic rings. The second kappa shape index (κ2) is 7.61. The average molecular weight is 344 g/mol. The molecule has 3 aromatic rings. The normalized spacial score (nSPS) is 12.7. The smallest absolute Gasteiger partial charge is 0.125 e. The molecule has 0 aliphatic heterocycles. The molecule has 3 heteroatoms. The van der Waals surface area contributed by atoms with E-state index in [-0.39, 0.29) is 0 Å². The molecule has 2 aromatic carbocycles. The predicted octanol–water partition coefficient (Wildman–Crippen LogP) is 4.43. The molecular formula is C23H24N2O. The Hall–Kier alpha value is -2.81. The summed E-state index contributed by atoms with van der Waals surface area (Å²) in [5.74, 6) is 1.85. The molecule has 1 aliphatic carbocycles. The quantitative estimate of drug-likeness (QED) is 0.743. The van der Waals surface area contributed by atoms with Crippen LogP contribution in [0.4, 0.5) is 5.82 Å². The van der Waals surface area contributed by atoms with E-state index in [9.17, 15) is 0 Å². The highest BCUT2D eigenvalue weighted by atomic mass is 16.5. The molecule has 26 heavy (non-hydrogen) atoms. The zero-order valence-corrected chi connectivity index (χ0v) is 15.2. The Bertz CT molecular complexity index is 904. The zero-order valence-electron chi connectivity index (χ0n) is 15.2. The van der Waals surface area contributed by atoms with Gasteiger partial charge in [-0.2, -0.15) is 0 Å². The van der Waals surface area contributed by atoms with Gasteiger partial charge in [0.1, 0.15) is 11.6 Å². The van der Waals surface area contributed by atoms with Crippen LogP contribution in [-0.2, 0) is 25.7 Å². The van der Waals surface area contributed by atoms with Gasteiger partial charge in [0.15, 0.2) is 0 Å². The summed E-state index contributed by atoms with van der Waals surface area (Å²) < 4.78 is 6.02. The van der Waals surface area contributed by atoms with Crippen LogP contribution in [0.2, 0.25) is 0 Å². The Labute approximate surface area is 155 Å². The first kappa shape index (κ1) is 16.6. The van der Waals surface area contributed by atoms with Gasteiger partial charge in [-0.25, -0.2) is 4.98 Å². The fraction of sp³-hybridized carbons (Fsp3) is 0.261. The number of nitrogens with zero attached hydrogens (tertiary/aromatic N) is 1. The van der Waals surface area contributed by atoms with Crippen LogP contribution >= 0.6 is 0 Å². The molecule has 1 N–H and O–H groups in total. The van der Waals surface area contributed by atoms with Crippen molar-refractivity contribution in [1.82, 2.24) is 4.98 Å². The lowest BCUT2D eigenvalue weighted by molar-refractivity contribution is 0.320. The highest BCUT2D eigenvalue weighted by molar-refractivity contribution is 5.43. The summed E-state index contributed by atoms with van der Waals surface area (Å²) >= 11 is 0. The van der Waals surface area contributed by atoms with Crippen molar-refractivity contribution in [1.29, 1.82) is 0 Å². The van der Waals surface area contributed by atoms with Gasteiger partial charge in [-0.15, -0.1) is 0 Å². The maximum Gasteiger partial charge on any atom is 0.125 e. The molecule has 0 radical (unpaired) electrons. The number of pyridine rings is 1. The van der Waals surface area contributed by atoms with Gasteiger partial charge in [0.2, 0.25) is 0 Å². The Morgan fingerprint density at radius 1 is 0.885 bits per heavy atom. The summed E-state index contributed by atoms with van der Waals surface area (Å²) in [6.07, 6.45) is 4.02. The number of aromatic nitrogens is 1. The molecule has 0 unspecified atom stereocenters. The van der Waals surface area contributed by atoms with E-state index >= 15 is 0 Å². The minimum atomic E-state index is 0.634. The number of aryl methyl sites for hydroxylation is 2. The summed E-state index contributed by atoms with van der Waals surface area (Å²) in [6, 6.07) is 21.4. The Balaban J connectivity index is 1.43. The molecule has 0 spiro atoms. The number of fused-ring (bicyclic) bond motifs is 2. The minimum Gasteiger partial charge on any atom is -0.493 e. The van der Waals surface area contributed by atoms with Crippen LogP contribution in [0.5, 0.6) is 5.75 Å². The van der Waals surface area contributed by atoms with Crippen LogP contribution < -0.4 is 10.1 Å². The van der Waals surface area contributed by atoms with Gasteiger partial charge in [0.05, 0.1) is 6.61 Å². The Morgan fingerprint density at radius 3 is 2.54 bits per heavy atom. The first-order valence-corrected chi connectivity index (χ1v) is 9.27. The Kier molecular flexibility index (Phi) is 4.87. The SMILES string of the molecule is CNc1cccc(CCOc2ccc3c(c2)Cc2ccccc2CC3)n1. The molecule has 0 bridgehead atoms. The number of rotatable bonds is 5. The predicted molar refractivity (Wildman–Crippen MR) is 106 cm³/mol. The van der Waals surface area contributed by atoms with Gasteiger partial charge >= 0.3 is 0 Å². The number of nitrogens with one attached hydrogen (secondary N) is 1. The molecule has 0 amide bonds. The second-order valence-corrected chi connectivity index (χ2v) is 6.74. The fourth-order valence-corrected chi connectivity index (χ4v) is 3.58. The van der Waals surface area contributed by atoms with Crippen molar-refractivity contribution < 1.29 is 4.74 Å². The van der Waals surface area contributed by atoms with E-state index in [4.69, 9.17) is 4.74 Å². The van der Waals surface area contributed by atoms with E-state index in [0.29, 0.717) is 6.61 Å². The third-order valence-electron chi connectivity index (χ3n) is 5.03. The molecule has 0 saturated heterocycles. The average Bonchev–Trinajstić information content (AvgIpc) is 2.87. The maximum atomic E-state index is 6.02. The van der Waals surface area contributed by atoms with Crippen molar-refractivity contribution in [3.63, 3.8) is 0 Å². The van der Waals surface area contributed by atoms with Crippen LogP contribution in [-0.4, -0.2) is 18.6 Å². The van der Waals surface area contributed by atoms with Crippen molar-refractivity contribution in [3.8, 4) is 5.75 Å². The second-order valence-electron chi connectivity index (χ2n) is 6.74. The van der Waals surface area contributed by atoms with Crippen LogP contribution in [0.1, 0.15) is 27.9 Å². The van der Waals surface area contributed by atoms with Crippen LogP contribution in [0.3, 0.4) is 0 Å². The molecule has 132 valence electrons. The highest BCUT2D eigenvalue weighted by Gasteiger charge is 2.13. The van der Waals surface area contributed by atoms with Crippen molar-refractivity contribution in [2.45, 2.75) is 25.7 Å². The molecule has 0 saturated carbocycles. The van der Waals surface area contributed by atoms with Crippen molar-refractivity contribution >= 4 is 5.82 Å². The first-order valence-electron chi connectivity index (χ1n) is 9.27. The Morgan fingerprint density at radius 2 is 1.69 bits per heavy atom. The van der Waals surface area contributed by atoms with Gasteiger partial charge in [0.25, 0.3) is 0 Å². The summed E-state index contributed by atoms with van der Waals surface area (Å²) in [6.45, 7) is 0.634. The highest BCUT2D eigenvalue weighted by Crippen LogP contribution is 2.27. The van der Waals surface area contributed by atoms with Gasteiger partial charge in [-0.05, 0) is 65.8 Å². The molecule has 1 heterocycles. The van der Waals surface area contributed by atoms with E-state index in [1.54, 1.807) is 0 Å². The number of hydrogen-bond acceptors (Lipinski definition) is 3. The lowest BCUT2D eigenvalue weighted by atomic mass is 10.0. The number of ether oxygens (including phenoxy) is 1. The van der Waals surface area contributed by atoms with Crippen LogP contribution in [0.15, 0.2) is 60.7 Å². The van der Waals surface area contributed by atoms with Gasteiger partial charge in [-0.1, -0.05) is 36.4 Å². The van der Waals surface area contributed by atoms with E-state index in [1.165, 1.54) is 22.3 Å². The van der Waals surface area contributed by atoms with Crippen LogP contribution in [0.25, 0.3) is 0 Å². The van der Waals surface area contributed by atoms with E-state index in [1.807, 2.05) is 25.2 Å². The summed E-state index contributed by atoms with van der Waals surface area (Å²) in [4.78, 5) is 4.54. The lowest BCUT2D eigenvalue weighted by Gasteiger charge is -2.11. The molecule has 1 aromatic heterocycles. The zero-order chi connectivity index (χ0) is 17.8. The maximum absolute atomic E-state index is 6.02. The van der Waals surface area contributed by atoms with Crippen molar-refractivity contribution in [2.75, 3.05) is 19.0 Å². The van der Waals surface area contributed by atoms with E-state index in [2.05, 4.69) is 52.8 Å². The first-order chi connectivity index (χ1) is 12.8. The lowest BCUT2D eigenvalue weighted by Crippen LogP contribution is -2.05. The standard InChI is InChI=1S/C23H24N2O/c1-24-23-8-4-7-21(25-23)13-14-26-22-12-11-18-10-9-17-5-2-3-6-19(17)15-20(18)16-22/h2-8,11-12,16H,9-10,13-15H2,1H3,(H,24,25). The van der Waals surface area contributed by atoms with E-state index < -0.39 is 0 Å². The topological polar surface area (TPSA) is 34.1 Å². The fourth-order valence-electron chi connectivity index (χ4n) is 3.58. The van der Waals surface area contributed by atoms with Gasteiger partial charge < -0.3 is 10.1 Å². The largest absolute Gasteiger partial charge is 0.493 e. The summed E-state index contributed by atoms with van der Waals surface area (Å²) in [5, 5.41) is 3.07. The minimum absolute atomic E-state index is 0.634. The number of benzene rings is 2. The molecule has 0 fully saturated rings. The van der Waals surface area contributed by atoms with E-state index in [0.717, 1.165) is 42.9 Å². The third kappa shape index (κ3) is 3.72. The molecular weight excluding hydrogens is 320 g/mol. The van der Waals surface area contributed by atoms with Gasteiger partial charge in [0, 0.05) is 19.2 Å². The molecule has 0 atom stereocenters. The summed E-state index contributed by atoms with van der Waals surface area (Å²) in [7, 11) is 1.89. The summed E-state index contributed by atoms with van der Waals surface area (Å²) in [5.41, 5.74) is 6.79. The van der Waals surface area contributed by atoms with Crippen LogP contribution in [0, 0.1) is 0 Å². The third-order valence-corrected chi connectivity index (χ3v) is 5.03. The number of hydrogen-bond donors (Lipinski definition) is 1. The molecule has 3 nitrogen and oxygen atoms in total. The number of anilines is 1. The monoisotopic (exact) mass is 344 g/mol. The van der Waals surface area contributed by atoms with Crippen molar-refractivity contribution in [3.05, 3.63) is 88.6 Å². The van der Waals surface area contributed by atoms with Crippen molar-refractivity contribution in [2.24, 2.45) is 0 Å². The van der Waals surface area contributed by atoms with Gasteiger partial charge in [-0.3, -0.25) is 0 Å².